The Morgan fingerprint density at radius 3 is 2.78 bits per heavy atom. The van der Waals surface area contributed by atoms with E-state index in [2.05, 4.69) is 16.1 Å². The van der Waals surface area contributed by atoms with Crippen molar-refractivity contribution in [3.8, 4) is 5.75 Å². The van der Waals surface area contributed by atoms with Crippen LogP contribution in [0, 0.1) is 0 Å². The summed E-state index contributed by atoms with van der Waals surface area (Å²) < 4.78 is 16.7. The van der Waals surface area contributed by atoms with Crippen LogP contribution in [-0.2, 0) is 0 Å². The molecule has 0 aliphatic heterocycles. The van der Waals surface area contributed by atoms with Crippen LogP contribution in [0.2, 0.25) is 0 Å². The molecule has 2 aromatic carbocycles. The van der Waals surface area contributed by atoms with E-state index in [1.54, 1.807) is 18.2 Å². The second-order valence-electron chi connectivity index (χ2n) is 5.80. The van der Waals surface area contributed by atoms with Crippen molar-refractivity contribution in [2.45, 2.75) is 13.3 Å². The van der Waals surface area contributed by atoms with Crippen LogP contribution in [0.4, 0.5) is 5.69 Å². The van der Waals surface area contributed by atoms with Gasteiger partial charge < -0.3 is 14.9 Å². The van der Waals surface area contributed by atoms with Crippen molar-refractivity contribution in [2.75, 3.05) is 19.9 Å². The van der Waals surface area contributed by atoms with Crippen LogP contribution in [0.25, 0.3) is 14.5 Å². The first-order chi connectivity index (χ1) is 13.1. The Kier molecular flexibility index (Phi) is 6.05. The Balaban J connectivity index is 2.09. The molecule has 0 bridgehead atoms. The van der Waals surface area contributed by atoms with Crippen molar-refractivity contribution >= 4 is 47.1 Å². The highest BCUT2D eigenvalue weighted by Gasteiger charge is 2.23. The van der Waals surface area contributed by atoms with Crippen molar-refractivity contribution in [3.63, 3.8) is 0 Å². The molecule has 0 amide bonds. The molecule has 0 fully saturated rings. The molecule has 140 valence electrons. The molecule has 5 nitrogen and oxygen atoms in total. The van der Waals surface area contributed by atoms with Gasteiger partial charge in [0, 0.05) is 37.0 Å². The predicted octanol–water partition coefficient (Wildman–Crippen LogP) is 5.79. The van der Waals surface area contributed by atoms with Crippen molar-refractivity contribution in [3.05, 3.63) is 65.4 Å². The Bertz CT molecular complexity index is 1050. The molecule has 27 heavy (non-hydrogen) atoms. The zero-order valence-corrected chi connectivity index (χ0v) is 17.6. The number of halogens is 1. The minimum absolute atomic E-state index is 0.141. The van der Waals surface area contributed by atoms with E-state index in [9.17, 15) is 4.79 Å². The Morgan fingerprint density at radius 2 is 2.07 bits per heavy atom. The van der Waals surface area contributed by atoms with Crippen LogP contribution in [0.1, 0.15) is 35.0 Å². The first kappa shape index (κ1) is 19.3. The van der Waals surface area contributed by atoms with E-state index in [1.807, 2.05) is 31.3 Å². The van der Waals surface area contributed by atoms with Gasteiger partial charge in [0.2, 0.25) is 5.78 Å². The van der Waals surface area contributed by atoms with Gasteiger partial charge in [0.1, 0.15) is 11.3 Å². The zero-order valence-electron chi connectivity index (χ0n) is 15.5. The van der Waals surface area contributed by atoms with Gasteiger partial charge in [0.25, 0.3) is 0 Å². The highest BCUT2D eigenvalue weighted by Crippen LogP contribution is 2.36. The lowest BCUT2D eigenvalue weighted by molar-refractivity contribution is 0.101. The number of ketones is 1. The number of hydrogen-bond donors (Lipinski definition) is 1. The highest BCUT2D eigenvalue weighted by molar-refractivity contribution is 14.2. The molecule has 6 heteroatoms. The third-order valence-electron chi connectivity index (χ3n) is 4.12. The Hall–Kier alpha value is -2.48. The summed E-state index contributed by atoms with van der Waals surface area (Å²) in [5.41, 5.74) is 8.67. The average molecular weight is 476 g/mol. The second kappa shape index (κ2) is 8.47. The number of ether oxygens (including phenoxy) is 1. The molecule has 1 heterocycles. The van der Waals surface area contributed by atoms with E-state index in [4.69, 9.17) is 14.9 Å². The number of anilines is 1. The molecule has 0 saturated carbocycles. The standard InChI is InChI=1S/C21H21IN2O3/c1-4-7-16(22-24-2)13-10-11-14-18(12-13)27-21(19(14)23)20(25)15-8-5-6-9-17(15)26-3/h5-12H,4,23H2,1-3H3/b16-7-. The third-order valence-corrected chi connectivity index (χ3v) is 6.19. The number of carbonyl (C=O) groups excluding carboxylic acids is 1. The maximum absolute atomic E-state index is 13.0. The molecule has 0 unspecified atom stereocenters. The summed E-state index contributed by atoms with van der Waals surface area (Å²) in [6.45, 7) is 2.10. The van der Waals surface area contributed by atoms with Crippen molar-refractivity contribution in [1.29, 1.82) is 0 Å². The second-order valence-corrected chi connectivity index (χ2v) is 8.41. The van der Waals surface area contributed by atoms with Crippen molar-refractivity contribution < 1.29 is 13.9 Å². The SMILES string of the molecule is CC/C=C(\I=NC)c1ccc2c(N)c(C(=O)c3ccccc3OC)oc2c1. The fourth-order valence-corrected chi connectivity index (χ4v) is 4.63. The van der Waals surface area contributed by atoms with Crippen molar-refractivity contribution in [2.24, 2.45) is 3.15 Å². The van der Waals surface area contributed by atoms with Gasteiger partial charge in [-0.2, -0.15) is 0 Å². The van der Waals surface area contributed by atoms with E-state index in [0.717, 1.165) is 17.4 Å². The van der Waals surface area contributed by atoms with E-state index >= 15 is 0 Å². The number of nitrogens with two attached hydrogens (primary N) is 1. The topological polar surface area (TPSA) is 77.8 Å². The summed E-state index contributed by atoms with van der Waals surface area (Å²) in [4.78, 5) is 13.0. The van der Waals surface area contributed by atoms with Gasteiger partial charge in [-0.05, 0) is 36.2 Å². The number of carbonyl (C=O) groups is 1. The molecule has 0 saturated heterocycles. The van der Waals surface area contributed by atoms with Crippen LogP contribution in [-0.4, -0.2) is 19.9 Å². The molecular formula is C21H21IN2O3. The number of nitrogen functional groups attached to an aromatic ring is 1. The summed E-state index contributed by atoms with van der Waals surface area (Å²) in [6.07, 6.45) is 3.13. The molecule has 0 spiro atoms. The maximum atomic E-state index is 13.0. The summed E-state index contributed by atoms with van der Waals surface area (Å²) in [7, 11) is 3.37. The lowest BCUT2D eigenvalue weighted by Gasteiger charge is -2.05. The zero-order chi connectivity index (χ0) is 19.4. The normalized spacial score (nSPS) is 12.3. The lowest BCUT2D eigenvalue weighted by Crippen LogP contribution is -2.05. The molecule has 0 aliphatic rings. The minimum Gasteiger partial charge on any atom is -0.496 e. The van der Waals surface area contributed by atoms with Crippen LogP contribution in [0.5, 0.6) is 5.75 Å². The van der Waals surface area contributed by atoms with Gasteiger partial charge in [-0.3, -0.25) is 7.94 Å². The van der Waals surface area contributed by atoms with Crippen LogP contribution in [0.3, 0.4) is 0 Å². The smallest absolute Gasteiger partial charge is 0.234 e. The summed E-state index contributed by atoms with van der Waals surface area (Å²) >= 11 is -0.407. The molecule has 3 rings (SSSR count). The summed E-state index contributed by atoms with van der Waals surface area (Å²) in [5, 5.41) is 0.736. The number of hydrogen-bond acceptors (Lipinski definition) is 5. The Morgan fingerprint density at radius 1 is 1.30 bits per heavy atom. The fourth-order valence-electron chi connectivity index (χ4n) is 2.86. The number of benzene rings is 2. The number of nitrogens with zero attached hydrogens (tertiary/aromatic N) is 1. The van der Waals surface area contributed by atoms with Crippen LogP contribution in [0.15, 0.2) is 56.1 Å². The first-order valence-corrected chi connectivity index (χ1v) is 10.6. The van der Waals surface area contributed by atoms with Gasteiger partial charge in [0.15, 0.2) is 5.76 Å². The van der Waals surface area contributed by atoms with Gasteiger partial charge in [-0.1, -0.05) is 31.2 Å². The average Bonchev–Trinajstić information content (AvgIpc) is 3.03. The number of methoxy groups -OCH3 is 1. The molecule has 0 atom stereocenters. The van der Waals surface area contributed by atoms with Gasteiger partial charge in [-0.15, -0.1) is 0 Å². The number of para-hydroxylation sites is 1. The molecule has 0 radical (unpaired) electrons. The molecule has 3 aromatic rings. The predicted molar refractivity (Wildman–Crippen MR) is 118 cm³/mol. The monoisotopic (exact) mass is 476 g/mol. The molecule has 2 N–H and O–H groups in total. The van der Waals surface area contributed by atoms with E-state index in [0.29, 0.717) is 22.6 Å². The summed E-state index contributed by atoms with van der Waals surface area (Å²) in [5.74, 6) is 0.344. The molecule has 0 aliphatic carbocycles. The molecular weight excluding hydrogens is 455 g/mol. The van der Waals surface area contributed by atoms with E-state index in [1.165, 1.54) is 10.7 Å². The first-order valence-electron chi connectivity index (χ1n) is 8.54. The highest BCUT2D eigenvalue weighted by atomic mass is 127. The molecule has 1 aromatic heterocycles. The number of rotatable bonds is 6. The number of allylic oxidation sites excluding steroid dienone is 1. The quantitative estimate of drug-likeness (QED) is 0.361. The van der Waals surface area contributed by atoms with Gasteiger partial charge in [0.05, 0.1) is 18.4 Å². The van der Waals surface area contributed by atoms with Gasteiger partial charge in [-0.25, -0.2) is 0 Å². The van der Waals surface area contributed by atoms with Gasteiger partial charge >= 0.3 is 0 Å². The Labute approximate surface area is 168 Å². The largest absolute Gasteiger partial charge is 0.496 e. The van der Waals surface area contributed by atoms with E-state index in [-0.39, 0.29) is 11.5 Å². The maximum Gasteiger partial charge on any atom is 0.234 e. The number of furan rings is 1. The minimum atomic E-state index is -0.407. The fraction of sp³-hybridized carbons (Fsp3) is 0.190. The number of fused-ring (bicyclic) bond motifs is 1. The van der Waals surface area contributed by atoms with Crippen molar-refractivity contribution in [1.82, 2.24) is 0 Å². The van der Waals surface area contributed by atoms with Crippen LogP contribution >= 0.6 is 21.0 Å². The van der Waals surface area contributed by atoms with E-state index < -0.39 is 21.0 Å². The summed E-state index contributed by atoms with van der Waals surface area (Å²) in [6, 6.07) is 12.9. The lowest BCUT2D eigenvalue weighted by atomic mass is 10.1. The third kappa shape index (κ3) is 3.80. The van der Waals surface area contributed by atoms with Crippen LogP contribution < -0.4 is 10.5 Å².